The van der Waals surface area contributed by atoms with Gasteiger partial charge in [0.05, 0.1) is 22.7 Å². The average Bonchev–Trinajstić information content (AvgIpc) is 3.26. The third kappa shape index (κ3) is 5.89. The van der Waals surface area contributed by atoms with Crippen LogP contribution in [0.4, 0.5) is 51.7 Å². The Kier molecular flexibility index (Phi) is 8.60. The number of para-hydroxylation sites is 2. The second-order valence-corrected chi connectivity index (χ2v) is 14.2. The van der Waals surface area contributed by atoms with Crippen LogP contribution in [0.15, 0.2) is 194 Å². The monoisotopic (exact) mass is 760 g/mol. The van der Waals surface area contributed by atoms with Crippen LogP contribution in [0, 0.1) is 23.3 Å². The summed E-state index contributed by atoms with van der Waals surface area (Å²) in [6.45, 7) is 0. The minimum atomic E-state index is -0.704. The van der Waals surface area contributed by atoms with Crippen LogP contribution in [0.3, 0.4) is 0 Å². The van der Waals surface area contributed by atoms with E-state index in [1.165, 1.54) is 12.1 Å². The van der Waals surface area contributed by atoms with Crippen molar-refractivity contribution in [3.05, 3.63) is 217 Å². The van der Waals surface area contributed by atoms with Crippen LogP contribution in [0.25, 0.3) is 54.6 Å². The molecule has 278 valence electrons. The highest BCUT2D eigenvalue weighted by molar-refractivity contribution is 6.28. The SMILES string of the molecule is Fc1cc(F)c(N(c2ccccc2)c2ccc3ccc4c(N(c5ccccc5)c5c(F)cc(F)cc5-c5ccccc5)ccc5ccc2c3c54)c(-c2ccccc2)c1. The highest BCUT2D eigenvalue weighted by Crippen LogP contribution is 2.50. The summed E-state index contributed by atoms with van der Waals surface area (Å²) in [7, 11) is 0. The Morgan fingerprint density at radius 2 is 0.672 bits per heavy atom. The number of hydrogen-bond donors (Lipinski definition) is 0. The van der Waals surface area contributed by atoms with Crippen molar-refractivity contribution in [1.82, 2.24) is 0 Å². The zero-order chi connectivity index (χ0) is 39.3. The average molecular weight is 761 g/mol. The maximum absolute atomic E-state index is 16.6. The number of anilines is 6. The Morgan fingerprint density at radius 1 is 0.328 bits per heavy atom. The fourth-order valence-corrected chi connectivity index (χ4v) is 8.35. The Balaban J connectivity index is 1.27. The molecule has 0 heterocycles. The maximum Gasteiger partial charge on any atom is 0.150 e. The molecular formula is C52H32F4N2. The lowest BCUT2D eigenvalue weighted by Crippen LogP contribution is -2.14. The first-order valence-corrected chi connectivity index (χ1v) is 18.9. The summed E-state index contributed by atoms with van der Waals surface area (Å²) in [5, 5.41) is 5.43. The van der Waals surface area contributed by atoms with E-state index in [1.807, 2.05) is 180 Å². The van der Waals surface area contributed by atoms with Crippen molar-refractivity contribution in [1.29, 1.82) is 0 Å². The zero-order valence-electron chi connectivity index (χ0n) is 30.9. The van der Waals surface area contributed by atoms with Gasteiger partial charge >= 0.3 is 0 Å². The summed E-state index contributed by atoms with van der Waals surface area (Å²) < 4.78 is 63.3. The predicted octanol–water partition coefficient (Wildman–Crippen LogP) is 15.4. The smallest absolute Gasteiger partial charge is 0.150 e. The summed E-state index contributed by atoms with van der Waals surface area (Å²) >= 11 is 0. The molecule has 0 aliphatic rings. The third-order valence-corrected chi connectivity index (χ3v) is 10.8. The molecule has 0 atom stereocenters. The van der Waals surface area contributed by atoms with Gasteiger partial charge in [0.15, 0.2) is 11.6 Å². The van der Waals surface area contributed by atoms with Gasteiger partial charge in [-0.2, -0.15) is 0 Å². The second-order valence-electron chi connectivity index (χ2n) is 14.2. The topological polar surface area (TPSA) is 6.48 Å². The predicted molar refractivity (Wildman–Crippen MR) is 230 cm³/mol. The fourth-order valence-electron chi connectivity index (χ4n) is 8.35. The molecule has 0 aliphatic carbocycles. The van der Waals surface area contributed by atoms with Crippen LogP contribution in [-0.2, 0) is 0 Å². The van der Waals surface area contributed by atoms with E-state index in [9.17, 15) is 0 Å². The quantitative estimate of drug-likeness (QED) is 0.112. The molecule has 0 fully saturated rings. The molecule has 0 saturated carbocycles. The number of halogens is 4. The summed E-state index contributed by atoms with van der Waals surface area (Å²) in [5.74, 6) is -2.76. The van der Waals surface area contributed by atoms with Crippen molar-refractivity contribution in [3.63, 3.8) is 0 Å². The van der Waals surface area contributed by atoms with Crippen molar-refractivity contribution in [2.75, 3.05) is 9.80 Å². The van der Waals surface area contributed by atoms with E-state index in [0.29, 0.717) is 45.0 Å². The van der Waals surface area contributed by atoms with Crippen molar-refractivity contribution in [2.24, 2.45) is 0 Å². The van der Waals surface area contributed by atoms with Gasteiger partial charge in [0.25, 0.3) is 0 Å². The molecule has 0 aromatic heterocycles. The third-order valence-electron chi connectivity index (χ3n) is 10.8. The first kappa shape index (κ1) is 35.0. The van der Waals surface area contributed by atoms with Crippen molar-refractivity contribution >= 4 is 66.4 Å². The lowest BCUT2D eigenvalue weighted by Gasteiger charge is -2.31. The standard InChI is InChI=1S/C52H32F4N2/c53-37-29-43(33-13-5-1-6-14-33)51(45(55)31-37)57(39-17-9-3-10-18-39)47-27-23-35-22-26-42-48(28-24-36-21-25-41(47)49(35)50(36)42)58(40-19-11-4-12-20-40)52-44(30-38(54)32-46(52)56)34-15-7-2-8-16-34/h1-32H. The van der Waals surface area contributed by atoms with E-state index in [0.717, 1.165) is 44.5 Å². The van der Waals surface area contributed by atoms with Gasteiger partial charge in [-0.1, -0.05) is 133 Å². The van der Waals surface area contributed by atoms with E-state index < -0.39 is 23.3 Å². The molecular weight excluding hydrogens is 729 g/mol. The van der Waals surface area contributed by atoms with Gasteiger partial charge in [-0.15, -0.1) is 0 Å². The molecule has 0 N–H and O–H groups in total. The Labute approximate surface area is 332 Å². The largest absolute Gasteiger partial charge is 0.307 e. The molecule has 0 saturated heterocycles. The minimum Gasteiger partial charge on any atom is -0.307 e. The van der Waals surface area contributed by atoms with Gasteiger partial charge in [0.1, 0.15) is 11.6 Å². The number of hydrogen-bond acceptors (Lipinski definition) is 2. The number of benzene rings is 10. The van der Waals surface area contributed by atoms with Gasteiger partial charge in [-0.25, -0.2) is 17.6 Å². The first-order chi connectivity index (χ1) is 28.4. The molecule has 6 heteroatoms. The lowest BCUT2D eigenvalue weighted by molar-refractivity contribution is 0.584. The maximum atomic E-state index is 16.6. The van der Waals surface area contributed by atoms with Gasteiger partial charge in [-0.05, 0) is 81.2 Å². The van der Waals surface area contributed by atoms with E-state index in [2.05, 4.69) is 0 Å². The summed E-state index contributed by atoms with van der Waals surface area (Å²) in [6.07, 6.45) is 0. The van der Waals surface area contributed by atoms with Crippen LogP contribution < -0.4 is 9.80 Å². The van der Waals surface area contributed by atoms with Crippen molar-refractivity contribution in [3.8, 4) is 22.3 Å². The number of nitrogens with zero attached hydrogens (tertiary/aromatic N) is 2. The van der Waals surface area contributed by atoms with Crippen LogP contribution in [0.1, 0.15) is 0 Å². The summed E-state index contributed by atoms with van der Waals surface area (Å²) in [6, 6.07) is 58.3. The highest BCUT2D eigenvalue weighted by atomic mass is 19.1. The van der Waals surface area contributed by atoms with Gasteiger partial charge in [0, 0.05) is 45.4 Å². The minimum absolute atomic E-state index is 0.213. The molecule has 0 radical (unpaired) electrons. The molecule has 58 heavy (non-hydrogen) atoms. The zero-order valence-corrected chi connectivity index (χ0v) is 30.9. The molecule has 0 aliphatic heterocycles. The van der Waals surface area contributed by atoms with Gasteiger partial charge in [-0.3, -0.25) is 0 Å². The van der Waals surface area contributed by atoms with E-state index in [4.69, 9.17) is 0 Å². The first-order valence-electron chi connectivity index (χ1n) is 18.9. The van der Waals surface area contributed by atoms with Crippen LogP contribution in [0.2, 0.25) is 0 Å². The van der Waals surface area contributed by atoms with Gasteiger partial charge in [0.2, 0.25) is 0 Å². The van der Waals surface area contributed by atoms with E-state index >= 15 is 17.6 Å². The van der Waals surface area contributed by atoms with Gasteiger partial charge < -0.3 is 9.80 Å². The van der Waals surface area contributed by atoms with Crippen LogP contribution in [0.5, 0.6) is 0 Å². The molecule has 0 bridgehead atoms. The second kappa shape index (κ2) is 14.3. The lowest BCUT2D eigenvalue weighted by atomic mass is 9.91. The van der Waals surface area contributed by atoms with Crippen molar-refractivity contribution < 1.29 is 17.6 Å². The molecule has 0 unspecified atom stereocenters. The summed E-state index contributed by atoms with van der Waals surface area (Å²) in [4.78, 5) is 3.72. The van der Waals surface area contributed by atoms with Crippen molar-refractivity contribution in [2.45, 2.75) is 0 Å². The number of rotatable bonds is 8. The molecule has 2 nitrogen and oxygen atoms in total. The Bertz CT molecular complexity index is 2890. The highest BCUT2D eigenvalue weighted by Gasteiger charge is 2.27. The van der Waals surface area contributed by atoms with Crippen LogP contribution >= 0.6 is 0 Å². The normalized spacial score (nSPS) is 11.4. The molecule has 10 rings (SSSR count). The van der Waals surface area contributed by atoms with E-state index in [1.54, 1.807) is 0 Å². The Morgan fingerprint density at radius 3 is 1.05 bits per heavy atom. The fraction of sp³-hybridized carbons (Fsp3) is 0. The molecule has 0 spiro atoms. The molecule has 10 aromatic carbocycles. The molecule has 0 amide bonds. The van der Waals surface area contributed by atoms with E-state index in [-0.39, 0.29) is 11.4 Å². The Hall–Kier alpha value is -7.44. The summed E-state index contributed by atoms with van der Waals surface area (Å²) in [5.41, 5.74) is 5.34. The van der Waals surface area contributed by atoms with Crippen LogP contribution in [-0.4, -0.2) is 0 Å². The molecule has 10 aromatic rings.